The van der Waals surface area contributed by atoms with Crippen LogP contribution < -0.4 is 4.90 Å². The Hall–Kier alpha value is -3.46. The molecule has 2 aromatic carbocycles. The van der Waals surface area contributed by atoms with Crippen molar-refractivity contribution in [2.24, 2.45) is 0 Å². The lowest BCUT2D eigenvalue weighted by Crippen LogP contribution is -2.14. The number of rotatable bonds is 4. The number of anilines is 3. The van der Waals surface area contributed by atoms with Crippen molar-refractivity contribution in [3.8, 4) is 11.3 Å². The van der Waals surface area contributed by atoms with Gasteiger partial charge < -0.3 is 4.90 Å². The van der Waals surface area contributed by atoms with Crippen molar-refractivity contribution in [3.05, 3.63) is 102 Å². The molecule has 162 valence electrons. The molecule has 3 heteroatoms. The van der Waals surface area contributed by atoms with Crippen molar-refractivity contribution in [1.82, 2.24) is 9.97 Å². The Balaban J connectivity index is 1.86. The van der Waals surface area contributed by atoms with Crippen LogP contribution in [0, 0.1) is 20.8 Å². The monoisotopic (exact) mass is 421 g/mol. The maximum Gasteiger partial charge on any atom is 0.0740 e. The van der Waals surface area contributed by atoms with Gasteiger partial charge in [-0.25, -0.2) is 0 Å². The van der Waals surface area contributed by atoms with Crippen LogP contribution in [0.15, 0.2) is 79.1 Å². The molecule has 0 aliphatic carbocycles. The van der Waals surface area contributed by atoms with E-state index in [9.17, 15) is 0 Å². The lowest BCUT2D eigenvalue weighted by molar-refractivity contribution is 0.568. The first-order chi connectivity index (χ1) is 15.3. The van der Waals surface area contributed by atoms with Crippen LogP contribution in [0.3, 0.4) is 0 Å². The van der Waals surface area contributed by atoms with Gasteiger partial charge in [-0.3, -0.25) is 9.97 Å². The molecule has 0 radical (unpaired) electrons. The predicted molar refractivity (Wildman–Crippen MR) is 135 cm³/mol. The van der Waals surface area contributed by atoms with Crippen molar-refractivity contribution < 1.29 is 0 Å². The van der Waals surface area contributed by atoms with E-state index in [1.54, 1.807) is 0 Å². The summed E-state index contributed by atoms with van der Waals surface area (Å²) in [6.45, 7) is 13.0. The summed E-state index contributed by atoms with van der Waals surface area (Å²) in [4.78, 5) is 11.8. The van der Waals surface area contributed by atoms with Gasteiger partial charge in [-0.2, -0.15) is 0 Å². The van der Waals surface area contributed by atoms with Gasteiger partial charge in [0.2, 0.25) is 0 Å². The third kappa shape index (κ3) is 4.29. The van der Waals surface area contributed by atoms with Crippen molar-refractivity contribution in [3.63, 3.8) is 0 Å². The van der Waals surface area contributed by atoms with Gasteiger partial charge in [0.25, 0.3) is 0 Å². The minimum absolute atomic E-state index is 0.0189. The molecule has 0 unspecified atom stereocenters. The molecule has 2 heterocycles. The minimum Gasteiger partial charge on any atom is -0.310 e. The van der Waals surface area contributed by atoms with E-state index in [1.165, 1.54) is 16.7 Å². The van der Waals surface area contributed by atoms with Crippen LogP contribution >= 0.6 is 0 Å². The Bertz CT molecular complexity index is 1210. The Morgan fingerprint density at radius 2 is 1.28 bits per heavy atom. The molecule has 0 aliphatic heterocycles. The molecule has 0 saturated carbocycles. The van der Waals surface area contributed by atoms with Gasteiger partial charge in [0, 0.05) is 46.1 Å². The van der Waals surface area contributed by atoms with Crippen LogP contribution in [0.4, 0.5) is 17.1 Å². The van der Waals surface area contributed by atoms with Crippen molar-refractivity contribution in [1.29, 1.82) is 0 Å². The van der Waals surface area contributed by atoms with E-state index in [-0.39, 0.29) is 5.41 Å². The van der Waals surface area contributed by atoms with E-state index in [0.717, 1.165) is 34.0 Å². The summed E-state index contributed by atoms with van der Waals surface area (Å²) in [7, 11) is 0. The van der Waals surface area contributed by atoms with Crippen LogP contribution in [0.1, 0.15) is 43.2 Å². The molecule has 0 fully saturated rings. The molecular formula is C29H31N3. The summed E-state index contributed by atoms with van der Waals surface area (Å²) in [5.41, 5.74) is 10.2. The highest BCUT2D eigenvalue weighted by molar-refractivity contribution is 5.81. The maximum absolute atomic E-state index is 4.75. The molecular weight excluding hydrogens is 390 g/mol. The Morgan fingerprint density at radius 1 is 0.688 bits per heavy atom. The second-order valence-corrected chi connectivity index (χ2v) is 9.44. The Kier molecular flexibility index (Phi) is 5.84. The standard InChI is InChI=1S/C29H31N3/c1-20-11-7-9-13-26(20)32(27-14-10-8-12-21(27)2)23-15-16-30-25(18-23)24-19-31-28(17-22(24)3)29(4,5)6/h7-19H,1-6H3. The zero-order valence-corrected chi connectivity index (χ0v) is 19.8. The van der Waals surface area contributed by atoms with E-state index in [1.807, 2.05) is 12.4 Å². The predicted octanol–water partition coefficient (Wildman–Crippen LogP) is 7.84. The van der Waals surface area contributed by atoms with Crippen molar-refractivity contribution in [2.75, 3.05) is 4.90 Å². The SMILES string of the molecule is Cc1cc(C(C)(C)C)ncc1-c1cc(N(c2ccccc2C)c2ccccc2C)ccn1. The molecule has 0 atom stereocenters. The van der Waals surface area contributed by atoms with E-state index in [2.05, 4.69) is 113 Å². The third-order valence-electron chi connectivity index (χ3n) is 5.87. The zero-order valence-electron chi connectivity index (χ0n) is 19.8. The summed E-state index contributed by atoms with van der Waals surface area (Å²) in [5.74, 6) is 0. The second kappa shape index (κ2) is 8.58. The van der Waals surface area contributed by atoms with Crippen LogP contribution in [0.5, 0.6) is 0 Å². The summed E-state index contributed by atoms with van der Waals surface area (Å²) >= 11 is 0. The first-order valence-electron chi connectivity index (χ1n) is 11.1. The number of aromatic nitrogens is 2. The first-order valence-corrected chi connectivity index (χ1v) is 11.1. The smallest absolute Gasteiger partial charge is 0.0740 e. The Morgan fingerprint density at radius 3 is 1.81 bits per heavy atom. The zero-order chi connectivity index (χ0) is 22.9. The number of pyridine rings is 2. The number of hydrogen-bond donors (Lipinski definition) is 0. The third-order valence-corrected chi connectivity index (χ3v) is 5.87. The maximum atomic E-state index is 4.75. The number of aryl methyl sites for hydroxylation is 3. The number of benzene rings is 2. The van der Waals surface area contributed by atoms with Crippen molar-refractivity contribution >= 4 is 17.1 Å². The molecule has 32 heavy (non-hydrogen) atoms. The molecule has 3 nitrogen and oxygen atoms in total. The summed E-state index contributed by atoms with van der Waals surface area (Å²) < 4.78 is 0. The van der Waals surface area contributed by atoms with E-state index >= 15 is 0 Å². The number of hydrogen-bond acceptors (Lipinski definition) is 3. The quantitative estimate of drug-likeness (QED) is 0.336. The van der Waals surface area contributed by atoms with Gasteiger partial charge >= 0.3 is 0 Å². The molecule has 4 aromatic rings. The van der Waals surface area contributed by atoms with Crippen molar-refractivity contribution in [2.45, 2.75) is 47.0 Å². The minimum atomic E-state index is 0.0189. The fourth-order valence-electron chi connectivity index (χ4n) is 3.98. The van der Waals surface area contributed by atoms with Gasteiger partial charge in [-0.1, -0.05) is 57.2 Å². The second-order valence-electron chi connectivity index (χ2n) is 9.44. The average molecular weight is 422 g/mol. The summed E-state index contributed by atoms with van der Waals surface area (Å²) in [6, 6.07) is 23.4. The molecule has 0 spiro atoms. The van der Waals surface area contributed by atoms with Crippen LogP contribution in [0.25, 0.3) is 11.3 Å². The highest BCUT2D eigenvalue weighted by Crippen LogP contribution is 2.39. The summed E-state index contributed by atoms with van der Waals surface area (Å²) in [5, 5.41) is 0. The van der Waals surface area contributed by atoms with Crippen LogP contribution in [0.2, 0.25) is 0 Å². The topological polar surface area (TPSA) is 29.0 Å². The number of nitrogens with zero attached hydrogens (tertiary/aromatic N) is 3. The fraction of sp³-hybridized carbons (Fsp3) is 0.241. The van der Waals surface area contributed by atoms with Gasteiger partial charge in [-0.15, -0.1) is 0 Å². The highest BCUT2D eigenvalue weighted by atomic mass is 15.1. The Labute approximate surface area is 191 Å². The lowest BCUT2D eigenvalue weighted by atomic mass is 9.90. The molecule has 2 aromatic heterocycles. The van der Waals surface area contributed by atoms with Crippen LogP contribution in [-0.2, 0) is 5.41 Å². The van der Waals surface area contributed by atoms with Crippen LogP contribution in [-0.4, -0.2) is 9.97 Å². The largest absolute Gasteiger partial charge is 0.310 e. The van der Waals surface area contributed by atoms with Gasteiger partial charge in [0.15, 0.2) is 0 Å². The lowest BCUT2D eigenvalue weighted by Gasteiger charge is -2.28. The number of para-hydroxylation sites is 2. The van der Waals surface area contributed by atoms with Gasteiger partial charge in [-0.05, 0) is 67.8 Å². The first kappa shape index (κ1) is 21.8. The van der Waals surface area contributed by atoms with Gasteiger partial charge in [0.1, 0.15) is 0 Å². The van der Waals surface area contributed by atoms with E-state index < -0.39 is 0 Å². The molecule has 0 saturated heterocycles. The molecule has 0 bridgehead atoms. The average Bonchev–Trinajstić information content (AvgIpc) is 2.76. The molecule has 0 amide bonds. The van der Waals surface area contributed by atoms with E-state index in [0.29, 0.717) is 0 Å². The van der Waals surface area contributed by atoms with Gasteiger partial charge in [0.05, 0.1) is 5.69 Å². The molecule has 0 aliphatic rings. The normalized spacial score (nSPS) is 11.4. The molecule has 0 N–H and O–H groups in total. The van der Waals surface area contributed by atoms with E-state index in [4.69, 9.17) is 9.97 Å². The highest BCUT2D eigenvalue weighted by Gasteiger charge is 2.19. The molecule has 4 rings (SSSR count). The fourth-order valence-corrected chi connectivity index (χ4v) is 3.98. The summed E-state index contributed by atoms with van der Waals surface area (Å²) in [6.07, 6.45) is 3.86.